The SMILES string of the molecule is COc1ccc(C(C)C)cc1.COc1ccccc1C(C)C. The Balaban J connectivity index is 0.000000220. The molecule has 0 unspecified atom stereocenters. The van der Waals surface area contributed by atoms with Gasteiger partial charge in [-0.1, -0.05) is 58.0 Å². The van der Waals surface area contributed by atoms with Crippen molar-refractivity contribution in [1.29, 1.82) is 0 Å². The summed E-state index contributed by atoms with van der Waals surface area (Å²) in [4.78, 5) is 0. The van der Waals surface area contributed by atoms with Gasteiger partial charge < -0.3 is 9.47 Å². The number of hydrogen-bond donors (Lipinski definition) is 0. The van der Waals surface area contributed by atoms with Crippen molar-refractivity contribution >= 4 is 0 Å². The molecule has 22 heavy (non-hydrogen) atoms. The third-order valence-corrected chi connectivity index (χ3v) is 3.54. The van der Waals surface area contributed by atoms with Crippen LogP contribution >= 0.6 is 0 Å². The first-order valence-corrected chi connectivity index (χ1v) is 7.76. The number of ether oxygens (including phenoxy) is 2. The number of benzene rings is 2. The Labute approximate surface area is 135 Å². The maximum atomic E-state index is 5.21. The highest BCUT2D eigenvalue weighted by molar-refractivity contribution is 5.35. The van der Waals surface area contributed by atoms with E-state index in [2.05, 4.69) is 45.9 Å². The third-order valence-electron chi connectivity index (χ3n) is 3.54. The molecule has 2 aromatic carbocycles. The van der Waals surface area contributed by atoms with Gasteiger partial charge in [-0.2, -0.15) is 0 Å². The van der Waals surface area contributed by atoms with Gasteiger partial charge in [0, 0.05) is 0 Å². The van der Waals surface area contributed by atoms with Crippen molar-refractivity contribution in [3.8, 4) is 11.5 Å². The Morgan fingerprint density at radius 3 is 1.68 bits per heavy atom. The van der Waals surface area contributed by atoms with Gasteiger partial charge in [0.2, 0.25) is 0 Å². The Bertz CT molecular complexity index is 542. The smallest absolute Gasteiger partial charge is 0.122 e. The van der Waals surface area contributed by atoms with Crippen molar-refractivity contribution in [1.82, 2.24) is 0 Å². The van der Waals surface area contributed by atoms with Crippen molar-refractivity contribution in [2.75, 3.05) is 14.2 Å². The fourth-order valence-corrected chi connectivity index (χ4v) is 2.13. The van der Waals surface area contributed by atoms with E-state index in [0.717, 1.165) is 11.5 Å². The molecule has 0 aliphatic rings. The average molecular weight is 300 g/mol. The van der Waals surface area contributed by atoms with Gasteiger partial charge in [-0.3, -0.25) is 0 Å². The molecule has 0 bridgehead atoms. The zero-order valence-corrected chi connectivity index (χ0v) is 14.6. The second kappa shape index (κ2) is 9.14. The van der Waals surface area contributed by atoms with Gasteiger partial charge in [-0.15, -0.1) is 0 Å². The van der Waals surface area contributed by atoms with Gasteiger partial charge in [-0.05, 0) is 41.2 Å². The summed E-state index contributed by atoms with van der Waals surface area (Å²) >= 11 is 0. The molecule has 0 radical (unpaired) electrons. The fraction of sp³-hybridized carbons (Fsp3) is 0.400. The highest BCUT2D eigenvalue weighted by Crippen LogP contribution is 2.24. The minimum absolute atomic E-state index is 0.533. The van der Waals surface area contributed by atoms with Crippen LogP contribution in [0.5, 0.6) is 11.5 Å². The average Bonchev–Trinajstić information content (AvgIpc) is 2.55. The molecule has 2 aromatic rings. The summed E-state index contributed by atoms with van der Waals surface area (Å²) in [5.74, 6) is 3.05. The zero-order valence-electron chi connectivity index (χ0n) is 14.6. The lowest BCUT2D eigenvalue weighted by Gasteiger charge is -2.10. The number of hydrogen-bond acceptors (Lipinski definition) is 2. The molecule has 0 fully saturated rings. The molecule has 0 heterocycles. The highest BCUT2D eigenvalue weighted by Gasteiger charge is 2.04. The normalized spacial score (nSPS) is 10.2. The molecule has 2 nitrogen and oxygen atoms in total. The summed E-state index contributed by atoms with van der Waals surface area (Å²) < 4.78 is 10.3. The summed E-state index contributed by atoms with van der Waals surface area (Å²) in [6, 6.07) is 16.3. The van der Waals surface area contributed by atoms with Gasteiger partial charge in [-0.25, -0.2) is 0 Å². The first kappa shape index (κ1) is 18.1. The van der Waals surface area contributed by atoms with Crippen LogP contribution in [-0.4, -0.2) is 14.2 Å². The fourth-order valence-electron chi connectivity index (χ4n) is 2.13. The van der Waals surface area contributed by atoms with Crippen LogP contribution in [0, 0.1) is 0 Å². The van der Waals surface area contributed by atoms with Gasteiger partial charge in [0.15, 0.2) is 0 Å². The number of rotatable bonds is 4. The first-order valence-electron chi connectivity index (χ1n) is 7.76. The summed E-state index contributed by atoms with van der Waals surface area (Å²) in [5, 5.41) is 0. The monoisotopic (exact) mass is 300 g/mol. The Morgan fingerprint density at radius 2 is 1.27 bits per heavy atom. The van der Waals surface area contributed by atoms with Gasteiger partial charge in [0.25, 0.3) is 0 Å². The Morgan fingerprint density at radius 1 is 0.682 bits per heavy atom. The Kier molecular flexibility index (Phi) is 7.51. The summed E-state index contributed by atoms with van der Waals surface area (Å²) in [6.45, 7) is 8.69. The van der Waals surface area contributed by atoms with E-state index in [1.165, 1.54) is 11.1 Å². The van der Waals surface area contributed by atoms with Crippen LogP contribution in [0.2, 0.25) is 0 Å². The van der Waals surface area contributed by atoms with Crippen molar-refractivity contribution in [3.63, 3.8) is 0 Å². The summed E-state index contributed by atoms with van der Waals surface area (Å²) in [6.07, 6.45) is 0. The maximum Gasteiger partial charge on any atom is 0.122 e. The van der Waals surface area contributed by atoms with E-state index < -0.39 is 0 Å². The van der Waals surface area contributed by atoms with Crippen molar-refractivity contribution in [2.24, 2.45) is 0 Å². The lowest BCUT2D eigenvalue weighted by Crippen LogP contribution is -1.92. The lowest BCUT2D eigenvalue weighted by molar-refractivity contribution is 0.407. The van der Waals surface area contributed by atoms with Crippen LogP contribution in [0.15, 0.2) is 48.5 Å². The molecule has 0 amide bonds. The predicted octanol–water partition coefficient (Wildman–Crippen LogP) is 5.64. The molecule has 0 spiro atoms. The largest absolute Gasteiger partial charge is 0.497 e. The molecule has 2 rings (SSSR count). The first-order chi connectivity index (χ1) is 10.5. The van der Waals surface area contributed by atoms with E-state index in [4.69, 9.17) is 9.47 Å². The van der Waals surface area contributed by atoms with Crippen LogP contribution in [-0.2, 0) is 0 Å². The number of methoxy groups -OCH3 is 2. The van der Waals surface area contributed by atoms with Crippen molar-refractivity contribution < 1.29 is 9.47 Å². The molecule has 0 saturated heterocycles. The number of para-hydroxylation sites is 1. The highest BCUT2D eigenvalue weighted by atomic mass is 16.5. The van der Waals surface area contributed by atoms with E-state index >= 15 is 0 Å². The van der Waals surface area contributed by atoms with Gasteiger partial charge >= 0.3 is 0 Å². The molecule has 2 heteroatoms. The van der Waals surface area contributed by atoms with E-state index in [9.17, 15) is 0 Å². The molecule has 120 valence electrons. The molecule has 0 atom stereocenters. The predicted molar refractivity (Wildman–Crippen MR) is 94.2 cm³/mol. The molecule has 0 aliphatic heterocycles. The van der Waals surface area contributed by atoms with Crippen LogP contribution in [0.4, 0.5) is 0 Å². The standard InChI is InChI=1S/2C10H14O/c1-8(2)9-4-6-10(11-3)7-5-9;1-8(2)9-6-4-5-7-10(9)11-3/h2*4-8H,1-3H3. The van der Waals surface area contributed by atoms with Gasteiger partial charge in [0.1, 0.15) is 11.5 Å². The summed E-state index contributed by atoms with van der Waals surface area (Å²) in [7, 11) is 3.39. The Hall–Kier alpha value is -1.96. The topological polar surface area (TPSA) is 18.5 Å². The molecule has 0 saturated carbocycles. The second-order valence-corrected chi connectivity index (χ2v) is 5.82. The molecule has 0 aromatic heterocycles. The van der Waals surface area contributed by atoms with E-state index in [0.29, 0.717) is 11.8 Å². The van der Waals surface area contributed by atoms with Crippen LogP contribution in [0.25, 0.3) is 0 Å². The molecular formula is C20H28O2. The maximum absolute atomic E-state index is 5.21. The third kappa shape index (κ3) is 5.44. The summed E-state index contributed by atoms with van der Waals surface area (Å²) in [5.41, 5.74) is 2.63. The van der Waals surface area contributed by atoms with E-state index in [1.807, 2.05) is 30.3 Å². The minimum Gasteiger partial charge on any atom is -0.497 e. The van der Waals surface area contributed by atoms with Crippen LogP contribution in [0.3, 0.4) is 0 Å². The quantitative estimate of drug-likeness (QED) is 0.727. The zero-order chi connectivity index (χ0) is 16.5. The van der Waals surface area contributed by atoms with E-state index in [-0.39, 0.29) is 0 Å². The van der Waals surface area contributed by atoms with Crippen LogP contribution < -0.4 is 9.47 Å². The second-order valence-electron chi connectivity index (χ2n) is 5.82. The molecule has 0 aliphatic carbocycles. The van der Waals surface area contributed by atoms with Crippen LogP contribution in [0.1, 0.15) is 50.7 Å². The minimum atomic E-state index is 0.533. The lowest BCUT2D eigenvalue weighted by atomic mass is 10.0. The van der Waals surface area contributed by atoms with Crippen molar-refractivity contribution in [2.45, 2.75) is 39.5 Å². The van der Waals surface area contributed by atoms with Crippen molar-refractivity contribution in [3.05, 3.63) is 59.7 Å². The van der Waals surface area contributed by atoms with Gasteiger partial charge in [0.05, 0.1) is 14.2 Å². The van der Waals surface area contributed by atoms with E-state index in [1.54, 1.807) is 14.2 Å². The molecule has 0 N–H and O–H groups in total. The molecular weight excluding hydrogens is 272 g/mol.